The van der Waals surface area contributed by atoms with Gasteiger partial charge >= 0.3 is 0 Å². The summed E-state index contributed by atoms with van der Waals surface area (Å²) in [4.78, 5) is 28.0. The molecular weight excluding hydrogens is 431 g/mol. The largest absolute Gasteiger partial charge is 0.350 e. The maximum atomic E-state index is 13.4. The van der Waals surface area contributed by atoms with E-state index in [2.05, 4.69) is 5.32 Å². The molecule has 0 saturated heterocycles. The third-order valence-electron chi connectivity index (χ3n) is 5.25. The number of anilines is 1. The van der Waals surface area contributed by atoms with Gasteiger partial charge in [0.1, 0.15) is 5.70 Å². The highest BCUT2D eigenvalue weighted by atomic mass is 35.5. The van der Waals surface area contributed by atoms with E-state index in [0.717, 1.165) is 11.1 Å². The number of nitrogens with zero attached hydrogens (tertiary/aromatic N) is 1. The van der Waals surface area contributed by atoms with Gasteiger partial charge in [-0.2, -0.15) is 0 Å². The molecule has 1 N–H and O–H groups in total. The van der Waals surface area contributed by atoms with Crippen LogP contribution in [-0.4, -0.2) is 16.7 Å². The van der Waals surface area contributed by atoms with Crippen molar-refractivity contribution in [3.8, 4) is 0 Å². The molecule has 0 unspecified atom stereocenters. The zero-order valence-corrected chi connectivity index (χ0v) is 18.6. The lowest BCUT2D eigenvalue weighted by Gasteiger charge is -2.16. The van der Waals surface area contributed by atoms with Gasteiger partial charge in [0.05, 0.1) is 12.1 Å². The standard InChI is InChI=1S/C25H20Cl2N2O2/c1-15-7-10-17(11-8-15)22-23(28-21-13-19(26)12-9-16(21)2)25(31)29(24(22)30)14-18-5-3-4-6-20(18)27/h3-13,28H,14H2,1-2H3. The van der Waals surface area contributed by atoms with Crippen molar-refractivity contribution in [2.24, 2.45) is 0 Å². The Morgan fingerprint density at radius 1 is 0.871 bits per heavy atom. The second-order valence-electron chi connectivity index (χ2n) is 7.49. The lowest BCUT2D eigenvalue weighted by molar-refractivity contribution is -0.137. The Morgan fingerprint density at radius 2 is 1.58 bits per heavy atom. The highest BCUT2D eigenvalue weighted by molar-refractivity contribution is 6.37. The van der Waals surface area contributed by atoms with Crippen LogP contribution in [0.2, 0.25) is 10.0 Å². The number of benzene rings is 3. The van der Waals surface area contributed by atoms with Crippen molar-refractivity contribution in [1.29, 1.82) is 0 Å². The average molecular weight is 451 g/mol. The van der Waals surface area contributed by atoms with Crippen molar-refractivity contribution >= 4 is 46.3 Å². The highest BCUT2D eigenvalue weighted by Crippen LogP contribution is 2.33. The van der Waals surface area contributed by atoms with E-state index >= 15 is 0 Å². The molecule has 1 aliphatic heterocycles. The van der Waals surface area contributed by atoms with E-state index in [1.807, 2.05) is 56.3 Å². The van der Waals surface area contributed by atoms with Gasteiger partial charge < -0.3 is 5.32 Å². The maximum absolute atomic E-state index is 13.4. The fourth-order valence-corrected chi connectivity index (χ4v) is 3.85. The van der Waals surface area contributed by atoms with Crippen molar-refractivity contribution < 1.29 is 9.59 Å². The first kappa shape index (κ1) is 21.2. The predicted octanol–water partition coefficient (Wildman–Crippen LogP) is 6.00. The molecule has 4 nitrogen and oxygen atoms in total. The molecule has 3 aromatic carbocycles. The number of rotatable bonds is 5. The SMILES string of the molecule is Cc1ccc(C2=C(Nc3cc(Cl)ccc3C)C(=O)N(Cc3ccccc3Cl)C2=O)cc1. The third kappa shape index (κ3) is 4.22. The van der Waals surface area contributed by atoms with Crippen molar-refractivity contribution in [2.45, 2.75) is 20.4 Å². The van der Waals surface area contributed by atoms with Crippen LogP contribution in [-0.2, 0) is 16.1 Å². The van der Waals surface area contributed by atoms with Crippen molar-refractivity contribution in [3.63, 3.8) is 0 Å². The Labute approximate surface area is 191 Å². The summed E-state index contributed by atoms with van der Waals surface area (Å²) in [5.74, 6) is -0.768. The molecule has 156 valence electrons. The number of carbonyl (C=O) groups excluding carboxylic acids is 2. The van der Waals surface area contributed by atoms with Crippen LogP contribution in [0.3, 0.4) is 0 Å². The Kier molecular flexibility index (Phi) is 5.86. The minimum atomic E-state index is -0.403. The van der Waals surface area contributed by atoms with E-state index in [-0.39, 0.29) is 18.1 Å². The number of halogens is 2. The van der Waals surface area contributed by atoms with Gasteiger partial charge in [0.25, 0.3) is 11.8 Å². The highest BCUT2D eigenvalue weighted by Gasteiger charge is 2.39. The normalized spacial score (nSPS) is 13.9. The van der Waals surface area contributed by atoms with Crippen LogP contribution >= 0.6 is 23.2 Å². The summed E-state index contributed by atoms with van der Waals surface area (Å²) < 4.78 is 0. The molecule has 0 aromatic heterocycles. The van der Waals surface area contributed by atoms with Crippen LogP contribution < -0.4 is 5.32 Å². The Balaban J connectivity index is 1.78. The second-order valence-corrected chi connectivity index (χ2v) is 8.33. The van der Waals surface area contributed by atoms with Gasteiger partial charge in [-0.1, -0.05) is 77.3 Å². The van der Waals surface area contributed by atoms with E-state index in [4.69, 9.17) is 23.2 Å². The summed E-state index contributed by atoms with van der Waals surface area (Å²) in [6.07, 6.45) is 0. The Bertz CT molecular complexity index is 1220. The number of hydrogen-bond acceptors (Lipinski definition) is 3. The Hall–Kier alpha value is -3.08. The minimum absolute atomic E-state index is 0.0897. The van der Waals surface area contributed by atoms with E-state index < -0.39 is 5.91 Å². The van der Waals surface area contributed by atoms with Gasteiger partial charge in [-0.15, -0.1) is 0 Å². The minimum Gasteiger partial charge on any atom is -0.350 e. The molecule has 1 aliphatic rings. The first-order valence-electron chi connectivity index (χ1n) is 9.79. The summed E-state index contributed by atoms with van der Waals surface area (Å²) in [5, 5.41) is 4.22. The lowest BCUT2D eigenvalue weighted by Crippen LogP contribution is -2.32. The molecule has 0 bridgehead atoms. The first-order valence-corrected chi connectivity index (χ1v) is 10.5. The molecule has 6 heteroatoms. The zero-order valence-electron chi connectivity index (χ0n) is 17.1. The topological polar surface area (TPSA) is 49.4 Å². The molecule has 0 spiro atoms. The van der Waals surface area contributed by atoms with Crippen molar-refractivity contribution in [1.82, 2.24) is 4.90 Å². The maximum Gasteiger partial charge on any atom is 0.278 e. The van der Waals surface area contributed by atoms with Crippen LogP contribution in [0.25, 0.3) is 5.57 Å². The van der Waals surface area contributed by atoms with E-state index in [9.17, 15) is 9.59 Å². The number of aryl methyl sites for hydroxylation is 2. The number of imide groups is 1. The monoisotopic (exact) mass is 450 g/mol. The van der Waals surface area contributed by atoms with E-state index in [1.165, 1.54) is 4.90 Å². The summed E-state index contributed by atoms with van der Waals surface area (Å²) >= 11 is 12.4. The molecule has 0 fully saturated rings. The first-order chi connectivity index (χ1) is 14.8. The van der Waals surface area contributed by atoms with Crippen LogP contribution in [0.1, 0.15) is 22.3 Å². The molecule has 0 aliphatic carbocycles. The van der Waals surface area contributed by atoms with E-state index in [1.54, 1.807) is 24.3 Å². The van der Waals surface area contributed by atoms with Gasteiger partial charge in [0, 0.05) is 15.7 Å². The Morgan fingerprint density at radius 3 is 2.29 bits per heavy atom. The van der Waals surface area contributed by atoms with Gasteiger partial charge in [-0.05, 0) is 48.7 Å². The molecule has 0 saturated carbocycles. The molecule has 1 heterocycles. The summed E-state index contributed by atoms with van der Waals surface area (Å²) in [6.45, 7) is 3.97. The second kappa shape index (κ2) is 8.58. The average Bonchev–Trinajstić information content (AvgIpc) is 2.97. The van der Waals surface area contributed by atoms with E-state index in [0.29, 0.717) is 32.4 Å². The van der Waals surface area contributed by atoms with Gasteiger partial charge in [0.15, 0.2) is 0 Å². The van der Waals surface area contributed by atoms with Gasteiger partial charge in [-0.25, -0.2) is 0 Å². The van der Waals surface area contributed by atoms with Crippen molar-refractivity contribution in [3.05, 3.63) is 105 Å². The molecule has 0 radical (unpaired) electrons. The summed E-state index contributed by atoms with van der Waals surface area (Å²) in [6, 6.07) is 20.1. The zero-order chi connectivity index (χ0) is 22.1. The number of hydrogen-bond donors (Lipinski definition) is 1. The van der Waals surface area contributed by atoms with Gasteiger partial charge in [0.2, 0.25) is 0 Å². The molecule has 3 aromatic rings. The fraction of sp³-hybridized carbons (Fsp3) is 0.120. The fourth-order valence-electron chi connectivity index (χ4n) is 3.48. The molecule has 4 rings (SSSR count). The van der Waals surface area contributed by atoms with Crippen LogP contribution in [0.4, 0.5) is 5.69 Å². The quantitative estimate of drug-likeness (QED) is 0.484. The van der Waals surface area contributed by atoms with Crippen LogP contribution in [0.15, 0.2) is 72.4 Å². The molecular formula is C25H20Cl2N2O2. The molecule has 31 heavy (non-hydrogen) atoms. The number of amides is 2. The summed E-state index contributed by atoms with van der Waals surface area (Å²) in [5.41, 5.74) is 4.58. The van der Waals surface area contributed by atoms with Gasteiger partial charge in [-0.3, -0.25) is 14.5 Å². The van der Waals surface area contributed by atoms with Crippen LogP contribution in [0.5, 0.6) is 0 Å². The molecule has 2 amide bonds. The lowest BCUT2D eigenvalue weighted by atomic mass is 10.0. The number of carbonyl (C=O) groups is 2. The van der Waals surface area contributed by atoms with Crippen LogP contribution in [0, 0.1) is 13.8 Å². The summed E-state index contributed by atoms with van der Waals surface area (Å²) in [7, 11) is 0. The van der Waals surface area contributed by atoms with Crippen molar-refractivity contribution in [2.75, 3.05) is 5.32 Å². The number of nitrogens with one attached hydrogen (secondary N) is 1. The predicted molar refractivity (Wildman–Crippen MR) is 125 cm³/mol. The smallest absolute Gasteiger partial charge is 0.278 e. The third-order valence-corrected chi connectivity index (χ3v) is 5.86. The molecule has 0 atom stereocenters.